The molecular weight excluding hydrogens is 216 g/mol. The molecule has 0 radical (unpaired) electrons. The first-order valence-corrected chi connectivity index (χ1v) is 5.72. The SMILES string of the molecule is CCC(C)(O)CNC(=O)c1ccc(N)cc1C. The standard InChI is InChI=1S/C13H20N2O2/c1-4-13(3,17)8-15-12(16)11-6-5-10(14)7-9(11)2/h5-7,17H,4,8,14H2,1-3H3,(H,15,16). The van der Waals surface area contributed by atoms with Gasteiger partial charge in [0.05, 0.1) is 5.60 Å². The van der Waals surface area contributed by atoms with E-state index in [4.69, 9.17) is 5.73 Å². The van der Waals surface area contributed by atoms with Crippen molar-refractivity contribution in [3.05, 3.63) is 29.3 Å². The average molecular weight is 236 g/mol. The zero-order chi connectivity index (χ0) is 13.1. The smallest absolute Gasteiger partial charge is 0.251 e. The summed E-state index contributed by atoms with van der Waals surface area (Å²) >= 11 is 0. The zero-order valence-corrected chi connectivity index (χ0v) is 10.6. The Labute approximate surface area is 102 Å². The number of rotatable bonds is 4. The number of hydrogen-bond acceptors (Lipinski definition) is 3. The Kier molecular flexibility index (Phi) is 4.12. The minimum Gasteiger partial charge on any atom is -0.399 e. The van der Waals surface area contributed by atoms with Gasteiger partial charge in [-0.05, 0) is 44.0 Å². The first kappa shape index (κ1) is 13.5. The summed E-state index contributed by atoms with van der Waals surface area (Å²) in [6.07, 6.45) is 0.591. The fraction of sp³-hybridized carbons (Fsp3) is 0.462. The number of hydrogen-bond donors (Lipinski definition) is 3. The minimum atomic E-state index is -0.864. The summed E-state index contributed by atoms with van der Waals surface area (Å²) in [4.78, 5) is 11.9. The van der Waals surface area contributed by atoms with Crippen LogP contribution in [0.3, 0.4) is 0 Å². The van der Waals surface area contributed by atoms with E-state index in [0.29, 0.717) is 17.7 Å². The van der Waals surface area contributed by atoms with Crippen molar-refractivity contribution < 1.29 is 9.90 Å². The first-order valence-electron chi connectivity index (χ1n) is 5.72. The molecule has 0 aliphatic rings. The number of carbonyl (C=O) groups excluding carboxylic acids is 1. The molecule has 17 heavy (non-hydrogen) atoms. The molecule has 0 saturated heterocycles. The molecular formula is C13H20N2O2. The summed E-state index contributed by atoms with van der Waals surface area (Å²) in [6, 6.07) is 5.15. The van der Waals surface area contributed by atoms with E-state index in [1.807, 2.05) is 13.8 Å². The van der Waals surface area contributed by atoms with Crippen LogP contribution in [0.4, 0.5) is 5.69 Å². The number of benzene rings is 1. The van der Waals surface area contributed by atoms with Crippen molar-refractivity contribution >= 4 is 11.6 Å². The topological polar surface area (TPSA) is 75.3 Å². The lowest BCUT2D eigenvalue weighted by Gasteiger charge is -2.21. The number of nitrogen functional groups attached to an aromatic ring is 1. The van der Waals surface area contributed by atoms with Gasteiger partial charge in [-0.15, -0.1) is 0 Å². The summed E-state index contributed by atoms with van der Waals surface area (Å²) in [7, 11) is 0. The van der Waals surface area contributed by atoms with Gasteiger partial charge in [-0.1, -0.05) is 6.92 Å². The monoisotopic (exact) mass is 236 g/mol. The Morgan fingerprint density at radius 1 is 1.53 bits per heavy atom. The molecule has 0 spiro atoms. The van der Waals surface area contributed by atoms with E-state index in [2.05, 4.69) is 5.32 Å². The summed E-state index contributed by atoms with van der Waals surface area (Å²) in [6.45, 7) is 5.65. The molecule has 0 saturated carbocycles. The zero-order valence-electron chi connectivity index (χ0n) is 10.6. The normalized spacial score (nSPS) is 14.1. The van der Waals surface area contributed by atoms with Crippen LogP contribution in [0.2, 0.25) is 0 Å². The molecule has 1 aromatic carbocycles. The number of nitrogens with two attached hydrogens (primary N) is 1. The maximum atomic E-state index is 11.9. The number of nitrogens with one attached hydrogen (secondary N) is 1. The molecule has 0 fully saturated rings. The Morgan fingerprint density at radius 3 is 2.71 bits per heavy atom. The summed E-state index contributed by atoms with van der Waals surface area (Å²) in [5, 5.41) is 12.5. The highest BCUT2D eigenvalue weighted by atomic mass is 16.3. The van der Waals surface area contributed by atoms with Crippen LogP contribution in [0.1, 0.15) is 36.2 Å². The van der Waals surface area contributed by atoms with Crippen molar-refractivity contribution in [2.75, 3.05) is 12.3 Å². The van der Waals surface area contributed by atoms with Crippen LogP contribution in [0.25, 0.3) is 0 Å². The third kappa shape index (κ3) is 3.75. The van der Waals surface area contributed by atoms with Crippen molar-refractivity contribution in [1.29, 1.82) is 0 Å². The van der Waals surface area contributed by atoms with E-state index >= 15 is 0 Å². The van der Waals surface area contributed by atoms with Crippen molar-refractivity contribution in [1.82, 2.24) is 5.32 Å². The van der Waals surface area contributed by atoms with Crippen molar-refractivity contribution in [2.45, 2.75) is 32.8 Å². The Bertz CT molecular complexity index is 414. The number of aryl methyl sites for hydroxylation is 1. The van der Waals surface area contributed by atoms with Gasteiger partial charge in [-0.25, -0.2) is 0 Å². The van der Waals surface area contributed by atoms with E-state index in [1.165, 1.54) is 0 Å². The number of carbonyl (C=O) groups is 1. The Balaban J connectivity index is 2.71. The van der Waals surface area contributed by atoms with E-state index < -0.39 is 5.60 Å². The minimum absolute atomic E-state index is 0.184. The molecule has 1 rings (SSSR count). The van der Waals surface area contributed by atoms with Crippen molar-refractivity contribution in [3.8, 4) is 0 Å². The highest BCUT2D eigenvalue weighted by Crippen LogP contribution is 2.13. The van der Waals surface area contributed by atoms with E-state index in [0.717, 1.165) is 5.56 Å². The number of aliphatic hydroxyl groups is 1. The lowest BCUT2D eigenvalue weighted by molar-refractivity contribution is 0.0518. The summed E-state index contributed by atoms with van der Waals surface area (Å²) in [5.74, 6) is -0.184. The summed E-state index contributed by atoms with van der Waals surface area (Å²) < 4.78 is 0. The van der Waals surface area contributed by atoms with Gasteiger partial charge in [0.1, 0.15) is 0 Å². The van der Waals surface area contributed by atoms with Gasteiger partial charge in [-0.2, -0.15) is 0 Å². The number of anilines is 1. The van der Waals surface area contributed by atoms with Crippen LogP contribution in [-0.4, -0.2) is 23.2 Å². The molecule has 4 nitrogen and oxygen atoms in total. The predicted molar refractivity (Wildman–Crippen MR) is 68.8 cm³/mol. The van der Waals surface area contributed by atoms with Crippen LogP contribution >= 0.6 is 0 Å². The fourth-order valence-corrected chi connectivity index (χ4v) is 1.43. The fourth-order valence-electron chi connectivity index (χ4n) is 1.43. The van der Waals surface area contributed by atoms with E-state index in [1.54, 1.807) is 25.1 Å². The maximum Gasteiger partial charge on any atom is 0.251 e. The largest absolute Gasteiger partial charge is 0.399 e. The third-order valence-corrected chi connectivity index (χ3v) is 2.89. The highest BCUT2D eigenvalue weighted by Gasteiger charge is 2.19. The molecule has 0 aliphatic heterocycles. The van der Waals surface area contributed by atoms with Crippen LogP contribution in [0, 0.1) is 6.92 Å². The predicted octanol–water partition coefficient (Wildman–Crippen LogP) is 1.47. The van der Waals surface area contributed by atoms with Crippen molar-refractivity contribution in [3.63, 3.8) is 0 Å². The van der Waals surface area contributed by atoms with Crippen LogP contribution in [0.5, 0.6) is 0 Å². The molecule has 1 amide bonds. The van der Waals surface area contributed by atoms with E-state index in [9.17, 15) is 9.90 Å². The van der Waals surface area contributed by atoms with Gasteiger partial charge in [-0.3, -0.25) is 4.79 Å². The Morgan fingerprint density at radius 2 is 2.18 bits per heavy atom. The van der Waals surface area contributed by atoms with Crippen LogP contribution in [0.15, 0.2) is 18.2 Å². The molecule has 1 aromatic rings. The lowest BCUT2D eigenvalue weighted by Crippen LogP contribution is -2.40. The molecule has 0 aromatic heterocycles. The molecule has 94 valence electrons. The highest BCUT2D eigenvalue weighted by molar-refractivity contribution is 5.96. The average Bonchev–Trinajstić information content (AvgIpc) is 2.26. The number of amides is 1. The first-order chi connectivity index (χ1) is 7.85. The molecule has 4 N–H and O–H groups in total. The maximum absolute atomic E-state index is 11.9. The van der Waals surface area contributed by atoms with Gasteiger partial charge >= 0.3 is 0 Å². The quantitative estimate of drug-likeness (QED) is 0.693. The van der Waals surface area contributed by atoms with Crippen LogP contribution < -0.4 is 11.1 Å². The molecule has 1 atom stereocenters. The second-order valence-corrected chi connectivity index (χ2v) is 4.61. The molecule has 0 heterocycles. The van der Waals surface area contributed by atoms with Gasteiger partial charge in [0.2, 0.25) is 0 Å². The summed E-state index contributed by atoms with van der Waals surface area (Å²) in [5.41, 5.74) is 6.82. The third-order valence-electron chi connectivity index (χ3n) is 2.89. The second-order valence-electron chi connectivity index (χ2n) is 4.61. The Hall–Kier alpha value is -1.55. The van der Waals surface area contributed by atoms with Crippen molar-refractivity contribution in [2.24, 2.45) is 0 Å². The lowest BCUT2D eigenvalue weighted by atomic mass is 10.0. The van der Waals surface area contributed by atoms with Gasteiger partial charge < -0.3 is 16.2 Å². The molecule has 0 bridgehead atoms. The molecule has 0 aliphatic carbocycles. The molecule has 4 heteroatoms. The van der Waals surface area contributed by atoms with Gasteiger partial charge in [0.25, 0.3) is 5.91 Å². The van der Waals surface area contributed by atoms with Gasteiger partial charge in [0, 0.05) is 17.8 Å². The van der Waals surface area contributed by atoms with Crippen LogP contribution in [-0.2, 0) is 0 Å². The molecule has 1 unspecified atom stereocenters. The second kappa shape index (κ2) is 5.19. The van der Waals surface area contributed by atoms with Gasteiger partial charge in [0.15, 0.2) is 0 Å². The van der Waals surface area contributed by atoms with E-state index in [-0.39, 0.29) is 12.5 Å².